The summed E-state index contributed by atoms with van der Waals surface area (Å²) in [5.74, 6) is 0. The van der Waals surface area contributed by atoms with Crippen molar-refractivity contribution in [1.82, 2.24) is 0 Å². The van der Waals surface area contributed by atoms with Crippen molar-refractivity contribution < 1.29 is 17.9 Å². The Kier molecular flexibility index (Phi) is 4.49. The van der Waals surface area contributed by atoms with E-state index in [-0.39, 0.29) is 24.1 Å². The smallest absolute Gasteiger partial charge is 0.377 e. The maximum Gasteiger partial charge on any atom is 0.416 e. The third-order valence-electron chi connectivity index (χ3n) is 3.77. The van der Waals surface area contributed by atoms with Gasteiger partial charge in [0.1, 0.15) is 0 Å². The second-order valence-corrected chi connectivity index (χ2v) is 5.89. The fourth-order valence-corrected chi connectivity index (χ4v) is 2.71. The van der Waals surface area contributed by atoms with Crippen LogP contribution in [0, 0.1) is 0 Å². The maximum absolute atomic E-state index is 13.2. The van der Waals surface area contributed by atoms with Gasteiger partial charge in [0.15, 0.2) is 0 Å². The molecule has 1 aliphatic rings. The number of morpholine rings is 1. The number of halogens is 3. The van der Waals surface area contributed by atoms with Crippen LogP contribution in [0.1, 0.15) is 25.0 Å². The highest BCUT2D eigenvalue weighted by molar-refractivity contribution is 5.54. The lowest BCUT2D eigenvalue weighted by atomic mass is 9.98. The zero-order chi connectivity index (χ0) is 15.7. The number of hydrogen-bond donors (Lipinski definition) is 1. The van der Waals surface area contributed by atoms with Crippen LogP contribution in [0.25, 0.3) is 0 Å². The molecule has 1 aliphatic heterocycles. The van der Waals surface area contributed by atoms with E-state index in [1.165, 1.54) is 12.1 Å². The first kappa shape index (κ1) is 16.1. The molecule has 0 aromatic heterocycles. The monoisotopic (exact) mass is 302 g/mol. The van der Waals surface area contributed by atoms with Gasteiger partial charge in [-0.3, -0.25) is 0 Å². The van der Waals surface area contributed by atoms with Crippen LogP contribution in [0.5, 0.6) is 0 Å². The van der Waals surface area contributed by atoms with Gasteiger partial charge < -0.3 is 15.4 Å². The molecule has 1 aromatic carbocycles. The molecule has 6 heteroatoms. The van der Waals surface area contributed by atoms with Crippen molar-refractivity contribution in [2.24, 2.45) is 5.73 Å². The molecule has 1 saturated heterocycles. The fraction of sp³-hybridized carbons (Fsp3) is 0.600. The normalized spacial score (nSPS) is 18.9. The molecule has 0 unspecified atom stereocenters. The second kappa shape index (κ2) is 5.85. The van der Waals surface area contributed by atoms with Crippen molar-refractivity contribution in [2.45, 2.75) is 32.0 Å². The van der Waals surface area contributed by atoms with E-state index in [0.29, 0.717) is 25.4 Å². The van der Waals surface area contributed by atoms with Crippen molar-refractivity contribution in [3.05, 3.63) is 29.3 Å². The Hall–Kier alpha value is -1.27. The van der Waals surface area contributed by atoms with Gasteiger partial charge in [-0.05, 0) is 44.5 Å². The molecule has 3 nitrogen and oxygen atoms in total. The summed E-state index contributed by atoms with van der Waals surface area (Å²) in [5, 5.41) is 0. The van der Waals surface area contributed by atoms with Crippen molar-refractivity contribution >= 4 is 5.69 Å². The molecule has 0 spiro atoms. The molecule has 1 fully saturated rings. The molecule has 0 amide bonds. The Balaban J connectivity index is 2.41. The standard InChI is InChI=1S/C15H21F3N2O/c1-14(2)10-21-8-7-20(14)12-4-3-11(5-6-19)13(9-12)15(16,17)18/h3-4,9H,5-8,10,19H2,1-2H3. The van der Waals surface area contributed by atoms with Gasteiger partial charge >= 0.3 is 6.18 Å². The first-order chi connectivity index (χ1) is 9.75. The van der Waals surface area contributed by atoms with E-state index >= 15 is 0 Å². The number of nitrogens with two attached hydrogens (primary N) is 1. The first-order valence-corrected chi connectivity index (χ1v) is 7.01. The number of alkyl halides is 3. The topological polar surface area (TPSA) is 38.5 Å². The van der Waals surface area contributed by atoms with Crippen molar-refractivity contribution in [1.29, 1.82) is 0 Å². The first-order valence-electron chi connectivity index (χ1n) is 7.01. The predicted octanol–water partition coefficient (Wildman–Crippen LogP) is 2.82. The molecule has 0 atom stereocenters. The molecule has 1 heterocycles. The van der Waals surface area contributed by atoms with Crippen molar-refractivity contribution in [3.8, 4) is 0 Å². The molecule has 21 heavy (non-hydrogen) atoms. The van der Waals surface area contributed by atoms with Gasteiger partial charge in [0.25, 0.3) is 0 Å². The van der Waals surface area contributed by atoms with E-state index < -0.39 is 11.7 Å². The van der Waals surface area contributed by atoms with Gasteiger partial charge in [0.2, 0.25) is 0 Å². The molecule has 118 valence electrons. The summed E-state index contributed by atoms with van der Waals surface area (Å²) < 4.78 is 45.1. The van der Waals surface area contributed by atoms with E-state index in [9.17, 15) is 13.2 Å². The summed E-state index contributed by atoms with van der Waals surface area (Å²) in [4.78, 5) is 1.97. The SMILES string of the molecule is CC1(C)COCCN1c1ccc(CCN)c(C(F)(F)F)c1. The summed E-state index contributed by atoms with van der Waals surface area (Å²) in [5.41, 5.74) is 5.32. The summed E-state index contributed by atoms with van der Waals surface area (Å²) in [7, 11) is 0. The molecule has 1 aromatic rings. The minimum absolute atomic E-state index is 0.200. The zero-order valence-corrected chi connectivity index (χ0v) is 12.3. The van der Waals surface area contributed by atoms with E-state index in [1.807, 2.05) is 18.7 Å². The summed E-state index contributed by atoms with van der Waals surface area (Å²) in [6.45, 7) is 5.74. The van der Waals surface area contributed by atoms with Gasteiger partial charge in [-0.1, -0.05) is 6.07 Å². The van der Waals surface area contributed by atoms with E-state index in [2.05, 4.69) is 0 Å². The van der Waals surface area contributed by atoms with Crippen LogP contribution < -0.4 is 10.6 Å². The van der Waals surface area contributed by atoms with Crippen LogP contribution in [0.2, 0.25) is 0 Å². The molecular formula is C15H21F3N2O. The minimum atomic E-state index is -4.36. The lowest BCUT2D eigenvalue weighted by Gasteiger charge is -2.44. The molecule has 0 radical (unpaired) electrons. The van der Waals surface area contributed by atoms with Gasteiger partial charge in [0.05, 0.1) is 24.3 Å². The van der Waals surface area contributed by atoms with Gasteiger partial charge in [-0.2, -0.15) is 13.2 Å². The molecular weight excluding hydrogens is 281 g/mol. The van der Waals surface area contributed by atoms with Crippen LogP contribution in [0.3, 0.4) is 0 Å². The third kappa shape index (κ3) is 3.49. The highest BCUT2D eigenvalue weighted by Crippen LogP contribution is 2.36. The maximum atomic E-state index is 13.2. The quantitative estimate of drug-likeness (QED) is 0.933. The number of hydrogen-bond acceptors (Lipinski definition) is 3. The average Bonchev–Trinajstić information content (AvgIpc) is 2.38. The Morgan fingerprint density at radius 3 is 2.62 bits per heavy atom. The minimum Gasteiger partial charge on any atom is -0.377 e. The summed E-state index contributed by atoms with van der Waals surface area (Å²) >= 11 is 0. The highest BCUT2D eigenvalue weighted by atomic mass is 19.4. The fourth-order valence-electron chi connectivity index (χ4n) is 2.71. The highest BCUT2D eigenvalue weighted by Gasteiger charge is 2.36. The Bertz CT molecular complexity index is 500. The number of benzene rings is 1. The molecule has 0 saturated carbocycles. The van der Waals surface area contributed by atoms with Crippen LogP contribution in [0.4, 0.5) is 18.9 Å². The second-order valence-electron chi connectivity index (χ2n) is 5.89. The number of nitrogens with zero attached hydrogens (tertiary/aromatic N) is 1. The average molecular weight is 302 g/mol. The van der Waals surface area contributed by atoms with E-state index in [4.69, 9.17) is 10.5 Å². The predicted molar refractivity (Wildman–Crippen MR) is 76.4 cm³/mol. The van der Waals surface area contributed by atoms with Gasteiger partial charge in [0, 0.05) is 12.2 Å². The van der Waals surface area contributed by atoms with E-state index in [0.717, 1.165) is 0 Å². The van der Waals surface area contributed by atoms with Crippen LogP contribution >= 0.6 is 0 Å². The summed E-state index contributed by atoms with van der Waals surface area (Å²) in [6.07, 6.45) is -4.14. The zero-order valence-electron chi connectivity index (χ0n) is 12.3. The molecule has 2 rings (SSSR count). The van der Waals surface area contributed by atoms with Gasteiger partial charge in [-0.15, -0.1) is 0 Å². The Morgan fingerprint density at radius 2 is 2.05 bits per heavy atom. The summed E-state index contributed by atoms with van der Waals surface area (Å²) in [6, 6.07) is 4.52. The Morgan fingerprint density at radius 1 is 1.33 bits per heavy atom. The third-order valence-corrected chi connectivity index (χ3v) is 3.77. The van der Waals surface area contributed by atoms with Gasteiger partial charge in [-0.25, -0.2) is 0 Å². The molecule has 2 N–H and O–H groups in total. The Labute approximate surface area is 122 Å². The van der Waals surface area contributed by atoms with Crippen LogP contribution in [-0.4, -0.2) is 31.8 Å². The van der Waals surface area contributed by atoms with Crippen molar-refractivity contribution in [3.63, 3.8) is 0 Å². The lowest BCUT2D eigenvalue weighted by Crippen LogP contribution is -2.53. The van der Waals surface area contributed by atoms with Crippen molar-refractivity contribution in [2.75, 3.05) is 31.2 Å². The molecule has 0 bridgehead atoms. The number of anilines is 1. The lowest BCUT2D eigenvalue weighted by molar-refractivity contribution is -0.138. The van der Waals surface area contributed by atoms with Crippen LogP contribution in [0.15, 0.2) is 18.2 Å². The number of rotatable bonds is 3. The van der Waals surface area contributed by atoms with E-state index in [1.54, 1.807) is 6.07 Å². The molecule has 0 aliphatic carbocycles. The number of ether oxygens (including phenoxy) is 1. The van der Waals surface area contributed by atoms with Crippen LogP contribution in [-0.2, 0) is 17.3 Å². The largest absolute Gasteiger partial charge is 0.416 e.